The van der Waals surface area contributed by atoms with Gasteiger partial charge in [0.05, 0.1) is 6.42 Å². The molecule has 0 atom stereocenters. The van der Waals surface area contributed by atoms with E-state index in [1.807, 2.05) is 21.0 Å². The number of carboxylic acid groups (broad SMARTS) is 1. The van der Waals surface area contributed by atoms with Crippen LogP contribution >= 0.6 is 0 Å². The van der Waals surface area contributed by atoms with Crippen molar-refractivity contribution < 1.29 is 14.7 Å². The topological polar surface area (TPSA) is 64.1 Å². The molecule has 0 aliphatic heterocycles. The Labute approximate surface area is 109 Å². The highest BCUT2D eigenvalue weighted by molar-refractivity contribution is 5.75. The first kappa shape index (κ1) is 16.7. The number of hydrogen-bond acceptors (Lipinski definition) is 3. The van der Waals surface area contributed by atoms with Crippen molar-refractivity contribution in [2.75, 3.05) is 47.3 Å². The minimum Gasteiger partial charge on any atom is -0.481 e. The summed E-state index contributed by atoms with van der Waals surface area (Å²) in [7, 11) is 5.74. The van der Waals surface area contributed by atoms with Crippen molar-refractivity contribution in [2.24, 2.45) is 0 Å². The molecule has 0 aliphatic carbocycles. The molecule has 0 spiro atoms. The predicted octanol–water partition coefficient (Wildman–Crippen LogP) is 0.787. The third-order valence-electron chi connectivity index (χ3n) is 2.67. The van der Waals surface area contributed by atoms with Crippen molar-refractivity contribution in [1.82, 2.24) is 14.7 Å². The van der Waals surface area contributed by atoms with Gasteiger partial charge >= 0.3 is 12.0 Å². The SMILES string of the molecule is CCN(CCC(=O)O)C(=O)N(C)CCCN(C)C. The highest BCUT2D eigenvalue weighted by Gasteiger charge is 2.16. The molecule has 18 heavy (non-hydrogen) atoms. The van der Waals surface area contributed by atoms with Gasteiger partial charge in [0.15, 0.2) is 0 Å². The van der Waals surface area contributed by atoms with E-state index in [4.69, 9.17) is 5.11 Å². The number of carbonyl (C=O) groups excluding carboxylic acids is 1. The van der Waals surface area contributed by atoms with Crippen molar-refractivity contribution >= 4 is 12.0 Å². The molecular weight excluding hydrogens is 234 g/mol. The molecule has 6 nitrogen and oxygen atoms in total. The van der Waals surface area contributed by atoms with Crippen LogP contribution in [0.15, 0.2) is 0 Å². The van der Waals surface area contributed by atoms with E-state index >= 15 is 0 Å². The van der Waals surface area contributed by atoms with E-state index < -0.39 is 5.97 Å². The number of aliphatic carboxylic acids is 1. The maximum atomic E-state index is 12.0. The molecule has 0 saturated carbocycles. The van der Waals surface area contributed by atoms with Crippen LogP contribution in [0.1, 0.15) is 19.8 Å². The summed E-state index contributed by atoms with van der Waals surface area (Å²) >= 11 is 0. The minimum absolute atomic E-state index is 0.00881. The van der Waals surface area contributed by atoms with Gasteiger partial charge in [0.25, 0.3) is 0 Å². The van der Waals surface area contributed by atoms with Gasteiger partial charge in [-0.1, -0.05) is 0 Å². The summed E-state index contributed by atoms with van der Waals surface area (Å²) in [5.41, 5.74) is 0. The summed E-state index contributed by atoms with van der Waals surface area (Å²) in [4.78, 5) is 27.8. The molecule has 0 aromatic heterocycles. The standard InChI is InChI=1S/C12H25N3O3/c1-5-15(10-7-11(16)17)12(18)14(4)9-6-8-13(2)3/h5-10H2,1-4H3,(H,16,17). The van der Waals surface area contributed by atoms with Crippen molar-refractivity contribution in [1.29, 1.82) is 0 Å². The molecular formula is C12H25N3O3. The third-order valence-corrected chi connectivity index (χ3v) is 2.67. The minimum atomic E-state index is -0.878. The highest BCUT2D eigenvalue weighted by atomic mass is 16.4. The maximum absolute atomic E-state index is 12.0. The number of hydrogen-bond donors (Lipinski definition) is 1. The second-order valence-electron chi connectivity index (χ2n) is 4.58. The second kappa shape index (κ2) is 8.74. The van der Waals surface area contributed by atoms with Crippen molar-refractivity contribution in [3.8, 4) is 0 Å². The van der Waals surface area contributed by atoms with Crippen LogP contribution in [0.2, 0.25) is 0 Å². The van der Waals surface area contributed by atoms with Gasteiger partial charge in [-0.25, -0.2) is 4.79 Å². The Bertz CT molecular complexity index is 269. The monoisotopic (exact) mass is 259 g/mol. The molecule has 0 rings (SSSR count). The average molecular weight is 259 g/mol. The first-order valence-corrected chi connectivity index (χ1v) is 6.25. The van der Waals surface area contributed by atoms with E-state index in [0.29, 0.717) is 13.1 Å². The predicted molar refractivity (Wildman–Crippen MR) is 70.7 cm³/mol. The van der Waals surface area contributed by atoms with Gasteiger partial charge in [0, 0.05) is 26.7 Å². The molecule has 0 fully saturated rings. The first-order chi connectivity index (χ1) is 8.38. The van der Waals surface area contributed by atoms with Crippen LogP contribution in [0.25, 0.3) is 0 Å². The lowest BCUT2D eigenvalue weighted by molar-refractivity contribution is -0.137. The summed E-state index contributed by atoms with van der Waals surface area (Å²) < 4.78 is 0. The number of carbonyl (C=O) groups is 2. The summed E-state index contributed by atoms with van der Waals surface area (Å²) in [5.74, 6) is -0.878. The van der Waals surface area contributed by atoms with Crippen LogP contribution in [0, 0.1) is 0 Å². The average Bonchev–Trinajstić information content (AvgIpc) is 2.28. The fourth-order valence-electron chi connectivity index (χ4n) is 1.58. The summed E-state index contributed by atoms with van der Waals surface area (Å²) in [6.45, 7) is 4.26. The number of amides is 2. The zero-order valence-electron chi connectivity index (χ0n) is 11.8. The third kappa shape index (κ3) is 7.11. The molecule has 0 radical (unpaired) electrons. The molecule has 0 bridgehead atoms. The smallest absolute Gasteiger partial charge is 0.319 e. The van der Waals surface area contributed by atoms with Crippen LogP contribution in [0.4, 0.5) is 4.79 Å². The van der Waals surface area contributed by atoms with Gasteiger partial charge in [-0.15, -0.1) is 0 Å². The summed E-state index contributed by atoms with van der Waals surface area (Å²) in [5, 5.41) is 8.62. The molecule has 0 aliphatic rings. The van der Waals surface area contributed by atoms with Gasteiger partial charge in [0.1, 0.15) is 0 Å². The Hall–Kier alpha value is -1.30. The zero-order valence-corrected chi connectivity index (χ0v) is 11.8. The summed E-state index contributed by atoms with van der Waals surface area (Å²) in [6, 6.07) is -0.0995. The molecule has 0 aromatic rings. The van der Waals surface area contributed by atoms with Crippen LogP contribution in [-0.2, 0) is 4.79 Å². The van der Waals surface area contributed by atoms with E-state index in [9.17, 15) is 9.59 Å². The van der Waals surface area contributed by atoms with Crippen molar-refractivity contribution in [3.05, 3.63) is 0 Å². The van der Waals surface area contributed by atoms with Crippen LogP contribution in [0.3, 0.4) is 0 Å². The van der Waals surface area contributed by atoms with Gasteiger partial charge < -0.3 is 19.8 Å². The molecule has 0 unspecified atom stereocenters. The van der Waals surface area contributed by atoms with Crippen LogP contribution in [-0.4, -0.2) is 79.1 Å². The van der Waals surface area contributed by atoms with Gasteiger partial charge in [-0.2, -0.15) is 0 Å². The summed E-state index contributed by atoms with van der Waals surface area (Å²) in [6.07, 6.45) is 0.900. The lowest BCUT2D eigenvalue weighted by Crippen LogP contribution is -2.42. The largest absolute Gasteiger partial charge is 0.481 e. The molecule has 0 aromatic carbocycles. The van der Waals surface area contributed by atoms with Crippen LogP contribution in [0.5, 0.6) is 0 Å². The van der Waals surface area contributed by atoms with Gasteiger partial charge in [-0.05, 0) is 34.0 Å². The van der Waals surface area contributed by atoms with E-state index in [-0.39, 0.29) is 19.0 Å². The first-order valence-electron chi connectivity index (χ1n) is 6.25. The maximum Gasteiger partial charge on any atom is 0.319 e. The van der Waals surface area contributed by atoms with E-state index in [1.54, 1.807) is 16.8 Å². The zero-order chi connectivity index (χ0) is 14.1. The molecule has 1 N–H and O–H groups in total. The lowest BCUT2D eigenvalue weighted by Gasteiger charge is -2.27. The lowest BCUT2D eigenvalue weighted by atomic mass is 10.3. The number of carboxylic acids is 1. The number of nitrogens with zero attached hydrogens (tertiary/aromatic N) is 3. The van der Waals surface area contributed by atoms with E-state index in [2.05, 4.69) is 4.90 Å². The molecule has 6 heteroatoms. The van der Waals surface area contributed by atoms with E-state index in [0.717, 1.165) is 13.0 Å². The second-order valence-corrected chi connectivity index (χ2v) is 4.58. The van der Waals surface area contributed by atoms with Crippen molar-refractivity contribution in [2.45, 2.75) is 19.8 Å². The quantitative estimate of drug-likeness (QED) is 0.700. The molecule has 106 valence electrons. The molecule has 0 heterocycles. The number of rotatable bonds is 8. The Morgan fingerprint density at radius 1 is 1.06 bits per heavy atom. The van der Waals surface area contributed by atoms with Crippen LogP contribution < -0.4 is 0 Å². The highest BCUT2D eigenvalue weighted by Crippen LogP contribution is 2.00. The molecule has 2 amide bonds. The molecule has 0 saturated heterocycles. The van der Waals surface area contributed by atoms with Crippen molar-refractivity contribution in [3.63, 3.8) is 0 Å². The fraction of sp³-hybridized carbons (Fsp3) is 0.833. The van der Waals surface area contributed by atoms with Gasteiger partial charge in [0.2, 0.25) is 0 Å². The Morgan fingerprint density at radius 2 is 1.67 bits per heavy atom. The van der Waals surface area contributed by atoms with Gasteiger partial charge in [-0.3, -0.25) is 4.79 Å². The number of urea groups is 1. The Balaban J connectivity index is 4.10. The Kier molecular flexibility index (Phi) is 8.11. The Morgan fingerprint density at radius 3 is 2.11 bits per heavy atom. The van der Waals surface area contributed by atoms with E-state index in [1.165, 1.54) is 0 Å². The normalized spacial score (nSPS) is 10.5. The fourth-order valence-corrected chi connectivity index (χ4v) is 1.58.